The Morgan fingerprint density at radius 1 is 0.889 bits per heavy atom. The Morgan fingerprint density at radius 3 is 2.19 bits per heavy atom. The monoisotopic (exact) mass is 360 g/mol. The van der Waals surface area contributed by atoms with Crippen molar-refractivity contribution in [3.8, 4) is 11.5 Å². The molecule has 27 heavy (non-hydrogen) atoms. The molecule has 1 amide bonds. The van der Waals surface area contributed by atoms with Crippen molar-refractivity contribution in [2.24, 2.45) is 0 Å². The van der Waals surface area contributed by atoms with Gasteiger partial charge in [-0.15, -0.1) is 0 Å². The highest BCUT2D eigenvalue weighted by Gasteiger charge is 2.15. The van der Waals surface area contributed by atoms with Crippen LogP contribution in [-0.4, -0.2) is 29.0 Å². The maximum atomic E-state index is 12.4. The molecule has 0 saturated carbocycles. The largest absolute Gasteiger partial charge is 0.457 e. The molecule has 1 aliphatic heterocycles. The zero-order chi connectivity index (χ0) is 18.5. The third-order valence-electron chi connectivity index (χ3n) is 4.38. The number of benzene rings is 2. The molecular formula is C21H20N4O2. The highest BCUT2D eigenvalue weighted by molar-refractivity contribution is 6.03. The van der Waals surface area contributed by atoms with Crippen LogP contribution in [0.4, 0.5) is 11.6 Å². The summed E-state index contributed by atoms with van der Waals surface area (Å²) in [5.41, 5.74) is 1.12. The van der Waals surface area contributed by atoms with E-state index in [1.807, 2.05) is 42.5 Å². The Balaban J connectivity index is 1.37. The molecule has 0 spiro atoms. The second-order valence-corrected chi connectivity index (χ2v) is 6.36. The van der Waals surface area contributed by atoms with Crippen LogP contribution in [-0.2, 0) is 0 Å². The van der Waals surface area contributed by atoms with E-state index in [0.29, 0.717) is 22.9 Å². The van der Waals surface area contributed by atoms with Gasteiger partial charge in [-0.3, -0.25) is 4.79 Å². The first-order valence-electron chi connectivity index (χ1n) is 8.99. The van der Waals surface area contributed by atoms with Crippen molar-refractivity contribution < 1.29 is 9.53 Å². The number of rotatable bonds is 5. The van der Waals surface area contributed by atoms with Crippen LogP contribution in [0, 0.1) is 0 Å². The number of ether oxygens (including phenoxy) is 1. The molecule has 1 fully saturated rings. The first-order valence-corrected chi connectivity index (χ1v) is 8.99. The third-order valence-corrected chi connectivity index (χ3v) is 4.38. The average molecular weight is 360 g/mol. The Hall–Kier alpha value is -3.41. The molecule has 2 aromatic carbocycles. The van der Waals surface area contributed by atoms with E-state index in [9.17, 15) is 4.79 Å². The minimum Gasteiger partial charge on any atom is -0.457 e. The zero-order valence-electron chi connectivity index (χ0n) is 14.8. The standard InChI is InChI=1S/C21H20N4O2/c26-20(16-14-22-21(23-15-16)25-12-4-5-13-25)24-17-8-10-19(11-9-17)27-18-6-2-1-3-7-18/h1-3,6-11,14-15H,4-5,12-13H2,(H,24,26). The Bertz CT molecular complexity index is 890. The fraction of sp³-hybridized carbons (Fsp3) is 0.190. The number of nitrogens with one attached hydrogen (secondary N) is 1. The summed E-state index contributed by atoms with van der Waals surface area (Å²) >= 11 is 0. The molecule has 1 aromatic heterocycles. The second-order valence-electron chi connectivity index (χ2n) is 6.36. The van der Waals surface area contributed by atoms with Crippen molar-refractivity contribution in [1.29, 1.82) is 0 Å². The zero-order valence-corrected chi connectivity index (χ0v) is 14.8. The van der Waals surface area contributed by atoms with Crippen molar-refractivity contribution in [3.63, 3.8) is 0 Å². The van der Waals surface area contributed by atoms with Crippen LogP contribution in [0.25, 0.3) is 0 Å². The van der Waals surface area contributed by atoms with Gasteiger partial charge >= 0.3 is 0 Å². The molecule has 0 atom stereocenters. The Labute approximate surface area is 157 Å². The number of nitrogens with zero attached hydrogens (tertiary/aromatic N) is 3. The molecule has 0 bridgehead atoms. The molecule has 0 unspecified atom stereocenters. The predicted octanol–water partition coefficient (Wildman–Crippen LogP) is 4.12. The number of anilines is 2. The summed E-state index contributed by atoms with van der Waals surface area (Å²) in [4.78, 5) is 23.2. The fourth-order valence-corrected chi connectivity index (χ4v) is 2.95. The lowest BCUT2D eigenvalue weighted by molar-refractivity contribution is 0.102. The highest BCUT2D eigenvalue weighted by Crippen LogP contribution is 2.23. The van der Waals surface area contributed by atoms with Gasteiger partial charge in [0.25, 0.3) is 5.91 Å². The maximum Gasteiger partial charge on any atom is 0.258 e. The lowest BCUT2D eigenvalue weighted by Crippen LogP contribution is -2.21. The third kappa shape index (κ3) is 4.23. The quantitative estimate of drug-likeness (QED) is 0.741. The number of amides is 1. The minimum absolute atomic E-state index is 0.236. The van der Waals surface area contributed by atoms with Crippen molar-refractivity contribution in [3.05, 3.63) is 72.6 Å². The SMILES string of the molecule is O=C(Nc1ccc(Oc2ccccc2)cc1)c1cnc(N2CCCC2)nc1. The minimum atomic E-state index is -0.236. The van der Waals surface area contributed by atoms with E-state index in [2.05, 4.69) is 20.2 Å². The lowest BCUT2D eigenvalue weighted by atomic mass is 10.2. The van der Waals surface area contributed by atoms with E-state index in [-0.39, 0.29) is 5.91 Å². The fourth-order valence-electron chi connectivity index (χ4n) is 2.95. The van der Waals surface area contributed by atoms with Gasteiger partial charge < -0.3 is 15.0 Å². The summed E-state index contributed by atoms with van der Waals surface area (Å²) in [6, 6.07) is 16.8. The average Bonchev–Trinajstić information content (AvgIpc) is 3.25. The van der Waals surface area contributed by atoms with Crippen LogP contribution in [0.5, 0.6) is 11.5 Å². The van der Waals surface area contributed by atoms with Crippen LogP contribution in [0.15, 0.2) is 67.0 Å². The molecule has 1 aliphatic rings. The van der Waals surface area contributed by atoms with Crippen LogP contribution < -0.4 is 15.0 Å². The van der Waals surface area contributed by atoms with Gasteiger partial charge in [-0.1, -0.05) is 18.2 Å². The van der Waals surface area contributed by atoms with Gasteiger partial charge in [0.15, 0.2) is 0 Å². The van der Waals surface area contributed by atoms with Gasteiger partial charge in [-0.2, -0.15) is 0 Å². The smallest absolute Gasteiger partial charge is 0.258 e. The number of carbonyl (C=O) groups excluding carboxylic acids is 1. The summed E-state index contributed by atoms with van der Waals surface area (Å²) in [6.07, 6.45) is 5.47. The molecular weight excluding hydrogens is 340 g/mol. The van der Waals surface area contributed by atoms with E-state index in [1.165, 1.54) is 0 Å². The molecule has 4 rings (SSSR count). The molecule has 2 heterocycles. The summed E-state index contributed by atoms with van der Waals surface area (Å²) in [5, 5.41) is 2.85. The van der Waals surface area contributed by atoms with Gasteiger partial charge in [0, 0.05) is 31.2 Å². The molecule has 3 aromatic rings. The second kappa shape index (κ2) is 7.86. The molecule has 6 nitrogen and oxygen atoms in total. The van der Waals surface area contributed by atoms with Crippen LogP contribution >= 0.6 is 0 Å². The van der Waals surface area contributed by atoms with Crippen molar-refractivity contribution in [2.45, 2.75) is 12.8 Å². The van der Waals surface area contributed by atoms with Gasteiger partial charge in [0.2, 0.25) is 5.95 Å². The van der Waals surface area contributed by atoms with Crippen molar-refractivity contribution in [1.82, 2.24) is 9.97 Å². The number of hydrogen-bond donors (Lipinski definition) is 1. The number of hydrogen-bond acceptors (Lipinski definition) is 5. The van der Waals surface area contributed by atoms with Gasteiger partial charge in [0.05, 0.1) is 5.56 Å². The van der Waals surface area contributed by atoms with Crippen molar-refractivity contribution >= 4 is 17.5 Å². The summed E-state index contributed by atoms with van der Waals surface area (Å²) in [5.74, 6) is 1.92. The van der Waals surface area contributed by atoms with E-state index in [1.54, 1.807) is 24.5 Å². The molecule has 6 heteroatoms. The number of carbonyl (C=O) groups is 1. The Kier molecular flexibility index (Phi) is 4.96. The van der Waals surface area contributed by atoms with Gasteiger partial charge in [-0.05, 0) is 49.2 Å². The molecule has 1 saturated heterocycles. The molecule has 1 N–H and O–H groups in total. The van der Waals surface area contributed by atoms with Crippen LogP contribution in [0.2, 0.25) is 0 Å². The van der Waals surface area contributed by atoms with Crippen molar-refractivity contribution in [2.75, 3.05) is 23.3 Å². The summed E-state index contributed by atoms with van der Waals surface area (Å²) < 4.78 is 5.75. The van der Waals surface area contributed by atoms with Crippen LogP contribution in [0.1, 0.15) is 23.2 Å². The van der Waals surface area contributed by atoms with Gasteiger partial charge in [0.1, 0.15) is 11.5 Å². The molecule has 136 valence electrons. The number of para-hydroxylation sites is 1. The first-order chi connectivity index (χ1) is 13.3. The van der Waals surface area contributed by atoms with E-state index in [0.717, 1.165) is 31.7 Å². The normalized spacial score (nSPS) is 13.4. The lowest BCUT2D eigenvalue weighted by Gasteiger charge is -2.14. The maximum absolute atomic E-state index is 12.4. The number of aromatic nitrogens is 2. The van der Waals surface area contributed by atoms with Gasteiger partial charge in [-0.25, -0.2) is 9.97 Å². The van der Waals surface area contributed by atoms with E-state index in [4.69, 9.17) is 4.74 Å². The molecule has 0 aliphatic carbocycles. The summed E-state index contributed by atoms with van der Waals surface area (Å²) in [7, 11) is 0. The predicted molar refractivity (Wildman–Crippen MR) is 104 cm³/mol. The van der Waals surface area contributed by atoms with E-state index < -0.39 is 0 Å². The Morgan fingerprint density at radius 2 is 1.52 bits per heavy atom. The summed E-state index contributed by atoms with van der Waals surface area (Å²) in [6.45, 7) is 1.95. The van der Waals surface area contributed by atoms with Crippen LogP contribution in [0.3, 0.4) is 0 Å². The highest BCUT2D eigenvalue weighted by atomic mass is 16.5. The molecule has 0 radical (unpaired) electrons. The first kappa shape index (κ1) is 17.0. The topological polar surface area (TPSA) is 67.3 Å². The van der Waals surface area contributed by atoms with E-state index >= 15 is 0 Å².